The quantitative estimate of drug-likeness (QED) is 0.197. The second-order valence-corrected chi connectivity index (χ2v) is 8.62. The van der Waals surface area contributed by atoms with Crippen molar-refractivity contribution in [2.75, 3.05) is 13.1 Å². The molecule has 2 aromatic carbocycles. The third-order valence-corrected chi connectivity index (χ3v) is 5.59. The van der Waals surface area contributed by atoms with Gasteiger partial charge in [-0.25, -0.2) is 4.79 Å². The first-order valence-electron chi connectivity index (χ1n) is 12.3. The molecule has 10 heteroatoms. The van der Waals surface area contributed by atoms with Crippen LogP contribution in [0.3, 0.4) is 0 Å². The molecule has 0 aliphatic heterocycles. The first-order chi connectivity index (χ1) is 17.0. The van der Waals surface area contributed by atoms with E-state index in [0.29, 0.717) is 13.0 Å². The van der Waals surface area contributed by atoms with E-state index in [1.54, 1.807) is 0 Å². The molecule has 8 nitrogen and oxygen atoms in total. The summed E-state index contributed by atoms with van der Waals surface area (Å²) >= 11 is 0. The highest BCUT2D eigenvalue weighted by atomic mass is 35.5. The lowest BCUT2D eigenvalue weighted by Crippen LogP contribution is -2.41. The fourth-order valence-electron chi connectivity index (χ4n) is 3.64. The number of halogens is 2. The van der Waals surface area contributed by atoms with Gasteiger partial charge in [-0.15, -0.1) is 24.8 Å². The molecule has 0 aromatic heterocycles. The fraction of sp³-hybridized carbons (Fsp3) is 0.444. The van der Waals surface area contributed by atoms with Crippen LogP contribution in [-0.2, 0) is 38.5 Å². The minimum Gasteiger partial charge on any atom is -0.354 e. The number of aryl methyl sites for hydroxylation is 2. The molecule has 2 rings (SSSR count). The van der Waals surface area contributed by atoms with Crippen LogP contribution < -0.4 is 22.3 Å². The van der Waals surface area contributed by atoms with Gasteiger partial charge in [0, 0.05) is 6.54 Å². The van der Waals surface area contributed by atoms with Crippen LogP contribution >= 0.6 is 24.8 Å². The predicted octanol–water partition coefficient (Wildman–Crippen LogP) is 3.18. The molecule has 2 amide bonds. The molecule has 0 saturated carbocycles. The third kappa shape index (κ3) is 15.3. The Morgan fingerprint density at radius 2 is 1.49 bits per heavy atom. The summed E-state index contributed by atoms with van der Waals surface area (Å²) in [5.41, 5.74) is 16.8. The molecule has 0 saturated heterocycles. The molecule has 1 atom stereocenters. The standard InChI is InChI=1S/C27H38N4O4.2ClH/c28-17-7-6-15-24(29)27(34)30-18-16-26(33)35-31-25(32)20-23-14-8-13-22(19-23)12-5-4-11-21-9-2-1-3-10-21;;/h1-3,8-10,13-14,19,24H,4-7,11-12,15-18,20,28-29H2,(H,30,34)(H,31,32);2*1H/t24-;;/m0../s1. The Morgan fingerprint density at radius 1 is 0.838 bits per heavy atom. The smallest absolute Gasteiger partial charge is 0.334 e. The number of hydroxylamine groups is 1. The van der Waals surface area contributed by atoms with E-state index in [-0.39, 0.29) is 50.1 Å². The average molecular weight is 556 g/mol. The van der Waals surface area contributed by atoms with Crippen molar-refractivity contribution in [3.8, 4) is 0 Å². The highest BCUT2D eigenvalue weighted by molar-refractivity contribution is 5.85. The highest BCUT2D eigenvalue weighted by Crippen LogP contribution is 2.12. The summed E-state index contributed by atoms with van der Waals surface area (Å²) in [7, 11) is 0. The Kier molecular flexibility index (Phi) is 19.0. The first kappa shape index (κ1) is 34.4. The van der Waals surface area contributed by atoms with Crippen LogP contribution in [-0.4, -0.2) is 36.9 Å². The number of hydrogen-bond acceptors (Lipinski definition) is 6. The predicted molar refractivity (Wildman–Crippen MR) is 150 cm³/mol. The summed E-state index contributed by atoms with van der Waals surface area (Å²) in [4.78, 5) is 40.7. The summed E-state index contributed by atoms with van der Waals surface area (Å²) in [6.45, 7) is 0.650. The monoisotopic (exact) mass is 554 g/mol. The van der Waals surface area contributed by atoms with E-state index in [1.807, 2.05) is 24.3 Å². The Labute approximate surface area is 232 Å². The summed E-state index contributed by atoms with van der Waals surface area (Å²) in [5.74, 6) is -1.37. The molecule has 2 aromatic rings. The molecular formula is C27H40Cl2N4O4. The summed E-state index contributed by atoms with van der Waals surface area (Å²) in [5, 5.41) is 2.60. The topological polar surface area (TPSA) is 137 Å². The van der Waals surface area contributed by atoms with Crippen molar-refractivity contribution in [2.24, 2.45) is 11.5 Å². The van der Waals surface area contributed by atoms with Gasteiger partial charge < -0.3 is 21.6 Å². The van der Waals surface area contributed by atoms with Gasteiger partial charge in [0.05, 0.1) is 18.9 Å². The number of nitrogens with one attached hydrogen (secondary N) is 2. The van der Waals surface area contributed by atoms with Crippen molar-refractivity contribution < 1.29 is 19.2 Å². The molecule has 0 radical (unpaired) electrons. The zero-order chi connectivity index (χ0) is 25.3. The molecule has 0 heterocycles. The molecule has 206 valence electrons. The van der Waals surface area contributed by atoms with Gasteiger partial charge in [-0.05, 0) is 61.8 Å². The van der Waals surface area contributed by atoms with Crippen LogP contribution in [0, 0.1) is 0 Å². The van der Waals surface area contributed by atoms with Gasteiger partial charge in [-0.1, -0.05) is 61.0 Å². The molecular weight excluding hydrogens is 515 g/mol. The van der Waals surface area contributed by atoms with Crippen LogP contribution in [0.5, 0.6) is 0 Å². The van der Waals surface area contributed by atoms with Gasteiger partial charge in [0.25, 0.3) is 5.91 Å². The summed E-state index contributed by atoms with van der Waals surface area (Å²) in [6.07, 6.45) is 6.34. The van der Waals surface area contributed by atoms with Crippen molar-refractivity contribution in [3.05, 3.63) is 71.3 Å². The van der Waals surface area contributed by atoms with Crippen LogP contribution in [0.2, 0.25) is 0 Å². The molecule has 0 fully saturated rings. The Bertz CT molecular complexity index is 932. The highest BCUT2D eigenvalue weighted by Gasteiger charge is 2.14. The second kappa shape index (κ2) is 20.4. The molecule has 6 N–H and O–H groups in total. The van der Waals surface area contributed by atoms with Gasteiger partial charge in [0.1, 0.15) is 0 Å². The molecule has 0 bridgehead atoms. The van der Waals surface area contributed by atoms with E-state index in [4.69, 9.17) is 16.3 Å². The Balaban J connectivity index is 0.00000648. The van der Waals surface area contributed by atoms with Gasteiger partial charge >= 0.3 is 5.97 Å². The molecule has 0 spiro atoms. The van der Waals surface area contributed by atoms with E-state index >= 15 is 0 Å². The zero-order valence-electron chi connectivity index (χ0n) is 21.2. The van der Waals surface area contributed by atoms with Gasteiger partial charge in [-0.2, -0.15) is 5.48 Å². The van der Waals surface area contributed by atoms with Crippen molar-refractivity contribution in [3.63, 3.8) is 0 Å². The van der Waals surface area contributed by atoms with Crippen LogP contribution in [0.15, 0.2) is 54.6 Å². The normalized spacial score (nSPS) is 10.9. The number of carbonyl (C=O) groups is 3. The van der Waals surface area contributed by atoms with E-state index in [1.165, 1.54) is 11.1 Å². The average Bonchev–Trinajstić information content (AvgIpc) is 2.86. The maximum Gasteiger partial charge on any atom is 0.334 e. The number of amides is 2. The number of benzene rings is 2. The molecule has 37 heavy (non-hydrogen) atoms. The van der Waals surface area contributed by atoms with E-state index < -0.39 is 17.9 Å². The van der Waals surface area contributed by atoms with Crippen molar-refractivity contribution in [1.29, 1.82) is 0 Å². The Hall–Kier alpha value is -2.65. The number of hydrogen-bond donors (Lipinski definition) is 4. The van der Waals surface area contributed by atoms with Crippen LogP contribution in [0.4, 0.5) is 0 Å². The number of carbonyl (C=O) groups excluding carboxylic acids is 3. The van der Waals surface area contributed by atoms with E-state index in [0.717, 1.165) is 44.1 Å². The lowest BCUT2D eigenvalue weighted by Gasteiger charge is -2.12. The fourth-order valence-corrected chi connectivity index (χ4v) is 3.64. The van der Waals surface area contributed by atoms with Crippen molar-refractivity contribution in [2.45, 2.75) is 63.8 Å². The molecule has 0 aliphatic rings. The minimum atomic E-state index is -0.637. The Morgan fingerprint density at radius 3 is 2.19 bits per heavy atom. The van der Waals surface area contributed by atoms with E-state index in [2.05, 4.69) is 41.1 Å². The largest absolute Gasteiger partial charge is 0.354 e. The minimum absolute atomic E-state index is 0. The maximum atomic E-state index is 12.2. The van der Waals surface area contributed by atoms with Gasteiger partial charge in [-0.3, -0.25) is 9.59 Å². The zero-order valence-corrected chi connectivity index (χ0v) is 22.8. The summed E-state index contributed by atoms with van der Waals surface area (Å²) < 4.78 is 0. The van der Waals surface area contributed by atoms with Gasteiger partial charge in [0.15, 0.2) is 0 Å². The van der Waals surface area contributed by atoms with Crippen LogP contribution in [0.1, 0.15) is 55.2 Å². The third-order valence-electron chi connectivity index (χ3n) is 5.59. The molecule has 0 unspecified atom stereocenters. The number of rotatable bonds is 15. The van der Waals surface area contributed by atoms with Crippen molar-refractivity contribution >= 4 is 42.6 Å². The lowest BCUT2D eigenvalue weighted by molar-refractivity contribution is -0.158. The second-order valence-electron chi connectivity index (χ2n) is 8.62. The first-order valence-corrected chi connectivity index (χ1v) is 12.3. The SMILES string of the molecule is Cl.Cl.NCCCC[C@H](N)C(=O)NCCC(=O)ONC(=O)Cc1cccc(CCCCc2ccccc2)c1. The van der Waals surface area contributed by atoms with E-state index in [9.17, 15) is 14.4 Å². The number of unbranched alkanes of at least 4 members (excludes halogenated alkanes) is 2. The number of nitrogens with two attached hydrogens (primary N) is 2. The maximum absolute atomic E-state index is 12.2. The van der Waals surface area contributed by atoms with Gasteiger partial charge in [0.2, 0.25) is 5.91 Å². The van der Waals surface area contributed by atoms with Crippen molar-refractivity contribution in [1.82, 2.24) is 10.8 Å². The lowest BCUT2D eigenvalue weighted by atomic mass is 10.0. The van der Waals surface area contributed by atoms with Crippen LogP contribution in [0.25, 0.3) is 0 Å². The molecule has 0 aliphatic carbocycles. The summed E-state index contributed by atoms with van der Waals surface area (Å²) in [6, 6.07) is 17.7.